The van der Waals surface area contributed by atoms with E-state index in [0.29, 0.717) is 17.1 Å². The molecule has 1 heterocycles. The molecular formula is C18H24N4O2. The Morgan fingerprint density at radius 2 is 2.04 bits per heavy atom. The van der Waals surface area contributed by atoms with E-state index in [2.05, 4.69) is 37.0 Å². The van der Waals surface area contributed by atoms with Gasteiger partial charge >= 0.3 is 5.69 Å². The van der Waals surface area contributed by atoms with Gasteiger partial charge in [-0.3, -0.25) is 4.57 Å². The molecule has 1 aromatic carbocycles. The van der Waals surface area contributed by atoms with Crippen LogP contribution in [0.15, 0.2) is 16.9 Å². The first-order valence-corrected chi connectivity index (χ1v) is 7.99. The summed E-state index contributed by atoms with van der Waals surface area (Å²) in [4.78, 5) is 11.8. The van der Waals surface area contributed by atoms with Crippen LogP contribution in [-0.4, -0.2) is 14.8 Å². The van der Waals surface area contributed by atoms with E-state index in [4.69, 9.17) is 4.74 Å². The third-order valence-electron chi connectivity index (χ3n) is 3.91. The number of rotatable bonds is 4. The van der Waals surface area contributed by atoms with Gasteiger partial charge in [-0.1, -0.05) is 20.8 Å². The molecule has 0 saturated heterocycles. The van der Waals surface area contributed by atoms with Crippen molar-refractivity contribution in [2.75, 3.05) is 0 Å². The van der Waals surface area contributed by atoms with Gasteiger partial charge in [-0.2, -0.15) is 10.4 Å². The number of H-pyrrole nitrogens is 1. The number of aromatic amines is 1. The van der Waals surface area contributed by atoms with E-state index < -0.39 is 0 Å². The molecule has 0 amide bonds. The molecule has 2 rings (SSSR count). The zero-order valence-corrected chi connectivity index (χ0v) is 15.1. The lowest BCUT2D eigenvalue weighted by atomic mass is 9.84. The van der Waals surface area contributed by atoms with Gasteiger partial charge in [0.25, 0.3) is 0 Å². The third-order valence-corrected chi connectivity index (χ3v) is 3.91. The Balaban J connectivity index is 2.39. The fraction of sp³-hybridized carbons (Fsp3) is 0.500. The molecule has 0 saturated carbocycles. The highest BCUT2D eigenvalue weighted by atomic mass is 16.5. The molecule has 0 spiro atoms. The van der Waals surface area contributed by atoms with Crippen LogP contribution >= 0.6 is 0 Å². The van der Waals surface area contributed by atoms with Crippen molar-refractivity contribution in [3.63, 3.8) is 0 Å². The highest BCUT2D eigenvalue weighted by Crippen LogP contribution is 2.34. The number of nitrogens with zero attached hydrogens (tertiary/aromatic N) is 3. The van der Waals surface area contributed by atoms with Gasteiger partial charge < -0.3 is 4.74 Å². The van der Waals surface area contributed by atoms with Crippen molar-refractivity contribution < 1.29 is 4.74 Å². The van der Waals surface area contributed by atoms with Crippen molar-refractivity contribution in [3.05, 3.63) is 45.1 Å². The van der Waals surface area contributed by atoms with E-state index >= 15 is 0 Å². The lowest BCUT2D eigenvalue weighted by Crippen LogP contribution is -2.22. The summed E-state index contributed by atoms with van der Waals surface area (Å²) in [6.07, 6.45) is 0. The SMILES string of the molecule is Cc1cc(OCc2n[nH]c(=O)n2C(C)C)c(C(C)(C)C)cc1C#N. The molecule has 24 heavy (non-hydrogen) atoms. The molecule has 1 aromatic heterocycles. The molecule has 6 nitrogen and oxygen atoms in total. The smallest absolute Gasteiger partial charge is 0.343 e. The minimum atomic E-state index is -0.240. The fourth-order valence-corrected chi connectivity index (χ4v) is 2.62. The largest absolute Gasteiger partial charge is 0.485 e. The van der Waals surface area contributed by atoms with Crippen LogP contribution in [-0.2, 0) is 12.0 Å². The Kier molecular flexibility index (Phi) is 4.83. The summed E-state index contributed by atoms with van der Waals surface area (Å²) < 4.78 is 7.56. The van der Waals surface area contributed by atoms with Gasteiger partial charge in [0.2, 0.25) is 0 Å². The molecule has 0 fully saturated rings. The third kappa shape index (κ3) is 3.51. The van der Waals surface area contributed by atoms with Crippen molar-refractivity contribution in [1.29, 1.82) is 5.26 Å². The molecule has 0 radical (unpaired) electrons. The lowest BCUT2D eigenvalue weighted by molar-refractivity contribution is 0.278. The van der Waals surface area contributed by atoms with Gasteiger partial charge in [0, 0.05) is 11.6 Å². The minimum Gasteiger partial charge on any atom is -0.485 e. The quantitative estimate of drug-likeness (QED) is 0.934. The predicted molar refractivity (Wildman–Crippen MR) is 92.2 cm³/mol. The highest BCUT2D eigenvalue weighted by Gasteiger charge is 2.22. The maximum Gasteiger partial charge on any atom is 0.343 e. The van der Waals surface area contributed by atoms with Crippen molar-refractivity contribution in [1.82, 2.24) is 14.8 Å². The topological polar surface area (TPSA) is 83.7 Å². The first-order chi connectivity index (χ1) is 11.1. The van der Waals surface area contributed by atoms with E-state index in [9.17, 15) is 10.1 Å². The predicted octanol–water partition coefficient (Wildman–Crippen LogP) is 3.21. The zero-order chi connectivity index (χ0) is 18.1. The second kappa shape index (κ2) is 6.52. The molecule has 0 atom stereocenters. The molecule has 2 aromatic rings. The molecule has 128 valence electrons. The Hall–Kier alpha value is -2.55. The number of hydrogen-bond donors (Lipinski definition) is 1. The maximum absolute atomic E-state index is 11.8. The van der Waals surface area contributed by atoms with Crippen LogP contribution in [0.4, 0.5) is 0 Å². The average molecular weight is 328 g/mol. The Morgan fingerprint density at radius 3 is 2.58 bits per heavy atom. The fourth-order valence-electron chi connectivity index (χ4n) is 2.62. The monoisotopic (exact) mass is 328 g/mol. The van der Waals surface area contributed by atoms with Crippen molar-refractivity contribution in [2.45, 2.75) is 59.6 Å². The first-order valence-electron chi connectivity index (χ1n) is 7.99. The number of ether oxygens (including phenoxy) is 1. The summed E-state index contributed by atoms with van der Waals surface area (Å²) in [5.74, 6) is 1.27. The van der Waals surface area contributed by atoms with Crippen LogP contribution in [0, 0.1) is 18.3 Å². The van der Waals surface area contributed by atoms with E-state index in [1.807, 2.05) is 32.9 Å². The normalized spacial score (nSPS) is 11.6. The highest BCUT2D eigenvalue weighted by molar-refractivity contribution is 5.50. The zero-order valence-electron chi connectivity index (χ0n) is 15.1. The molecule has 0 aliphatic rings. The summed E-state index contributed by atoms with van der Waals surface area (Å²) in [5, 5.41) is 15.8. The number of aromatic nitrogens is 3. The van der Waals surface area contributed by atoms with Crippen LogP contribution in [0.3, 0.4) is 0 Å². The molecule has 0 bridgehead atoms. The Labute approximate surface area is 142 Å². The molecule has 1 N–H and O–H groups in total. The van der Waals surface area contributed by atoms with Crippen molar-refractivity contribution in [3.8, 4) is 11.8 Å². The maximum atomic E-state index is 11.8. The standard InChI is InChI=1S/C18H24N4O2/c1-11(2)22-16(20-21-17(22)23)10-24-15-7-12(3)13(9-19)8-14(15)18(4,5)6/h7-8,11H,10H2,1-6H3,(H,21,23). The summed E-state index contributed by atoms with van der Waals surface area (Å²) in [7, 11) is 0. The number of aryl methyl sites for hydroxylation is 1. The van der Waals surface area contributed by atoms with Gasteiger partial charge in [0.1, 0.15) is 12.4 Å². The summed E-state index contributed by atoms with van der Waals surface area (Å²) in [6.45, 7) is 12.1. The van der Waals surface area contributed by atoms with Crippen LogP contribution in [0.5, 0.6) is 5.75 Å². The summed E-state index contributed by atoms with van der Waals surface area (Å²) in [6, 6.07) is 5.98. The van der Waals surface area contributed by atoms with E-state index in [1.165, 1.54) is 0 Å². The van der Waals surface area contributed by atoms with Gasteiger partial charge in [-0.25, -0.2) is 9.89 Å². The number of hydrogen-bond acceptors (Lipinski definition) is 4. The number of benzene rings is 1. The van der Waals surface area contributed by atoms with Crippen LogP contribution in [0.25, 0.3) is 0 Å². The molecular weight excluding hydrogens is 304 g/mol. The molecule has 0 unspecified atom stereocenters. The van der Waals surface area contributed by atoms with Crippen molar-refractivity contribution in [2.24, 2.45) is 0 Å². The van der Waals surface area contributed by atoms with Crippen LogP contribution in [0.2, 0.25) is 0 Å². The van der Waals surface area contributed by atoms with Crippen molar-refractivity contribution >= 4 is 0 Å². The first kappa shape index (κ1) is 17.8. The van der Waals surface area contributed by atoms with Gasteiger partial charge in [-0.15, -0.1) is 0 Å². The van der Waals surface area contributed by atoms with Crippen LogP contribution in [0.1, 0.15) is 63.2 Å². The van der Waals surface area contributed by atoms with Crippen LogP contribution < -0.4 is 10.4 Å². The van der Waals surface area contributed by atoms with Gasteiger partial charge in [0.15, 0.2) is 5.82 Å². The summed E-state index contributed by atoms with van der Waals surface area (Å²) in [5.41, 5.74) is 2.06. The minimum absolute atomic E-state index is 0.000336. The second-order valence-corrected chi connectivity index (χ2v) is 7.22. The Bertz CT molecular complexity index is 832. The Morgan fingerprint density at radius 1 is 1.38 bits per heavy atom. The second-order valence-electron chi connectivity index (χ2n) is 7.22. The molecule has 0 aliphatic carbocycles. The lowest BCUT2D eigenvalue weighted by Gasteiger charge is -2.24. The number of nitrogens with one attached hydrogen (secondary N) is 1. The number of nitriles is 1. The van der Waals surface area contributed by atoms with E-state index in [1.54, 1.807) is 4.57 Å². The average Bonchev–Trinajstić information content (AvgIpc) is 2.85. The van der Waals surface area contributed by atoms with E-state index in [0.717, 1.165) is 11.1 Å². The molecule has 6 heteroatoms. The summed E-state index contributed by atoms with van der Waals surface area (Å²) >= 11 is 0. The van der Waals surface area contributed by atoms with Gasteiger partial charge in [-0.05, 0) is 43.9 Å². The van der Waals surface area contributed by atoms with E-state index in [-0.39, 0.29) is 23.8 Å². The van der Waals surface area contributed by atoms with Gasteiger partial charge in [0.05, 0.1) is 11.6 Å². The molecule has 0 aliphatic heterocycles.